The zero-order valence-corrected chi connectivity index (χ0v) is 12.3. The Morgan fingerprint density at radius 2 is 2.16 bits per heavy atom. The standard InChI is InChI=1S/C15H23ClN2O/c1-13-12-18(9-2-8-17-13)10-3-11-19-15-6-4-14(16)5-7-15/h4-7,13,17H,2-3,8-12H2,1H3. The second-order valence-corrected chi connectivity index (χ2v) is 5.60. The summed E-state index contributed by atoms with van der Waals surface area (Å²) in [6.07, 6.45) is 2.30. The summed E-state index contributed by atoms with van der Waals surface area (Å²) in [5, 5.41) is 4.26. The Balaban J connectivity index is 1.64. The molecule has 106 valence electrons. The maximum atomic E-state index is 5.84. The molecule has 0 amide bonds. The summed E-state index contributed by atoms with van der Waals surface area (Å²) in [4.78, 5) is 2.52. The van der Waals surface area contributed by atoms with Crippen molar-refractivity contribution < 1.29 is 4.74 Å². The van der Waals surface area contributed by atoms with E-state index >= 15 is 0 Å². The molecule has 1 atom stereocenters. The summed E-state index contributed by atoms with van der Waals surface area (Å²) in [7, 11) is 0. The molecular weight excluding hydrogens is 260 g/mol. The van der Waals surface area contributed by atoms with Crippen LogP contribution in [0.15, 0.2) is 24.3 Å². The number of halogens is 1. The minimum Gasteiger partial charge on any atom is -0.494 e. The average molecular weight is 283 g/mol. The summed E-state index contributed by atoms with van der Waals surface area (Å²) in [6.45, 7) is 7.60. The van der Waals surface area contributed by atoms with Crippen LogP contribution < -0.4 is 10.1 Å². The van der Waals surface area contributed by atoms with E-state index in [1.54, 1.807) is 0 Å². The van der Waals surface area contributed by atoms with Crippen molar-refractivity contribution in [2.75, 3.05) is 32.8 Å². The largest absolute Gasteiger partial charge is 0.494 e. The first-order valence-electron chi connectivity index (χ1n) is 7.08. The Hall–Kier alpha value is -0.770. The third kappa shape index (κ3) is 5.39. The molecule has 1 N–H and O–H groups in total. The third-order valence-corrected chi connectivity index (χ3v) is 3.63. The lowest BCUT2D eigenvalue weighted by molar-refractivity contribution is 0.233. The smallest absolute Gasteiger partial charge is 0.119 e. The number of rotatable bonds is 5. The Morgan fingerprint density at radius 3 is 2.95 bits per heavy atom. The van der Waals surface area contributed by atoms with Gasteiger partial charge >= 0.3 is 0 Å². The van der Waals surface area contributed by atoms with Crippen molar-refractivity contribution in [3.05, 3.63) is 29.3 Å². The highest BCUT2D eigenvalue weighted by Crippen LogP contribution is 2.15. The van der Waals surface area contributed by atoms with Crippen LogP contribution in [0.25, 0.3) is 0 Å². The Labute approximate surface area is 120 Å². The van der Waals surface area contributed by atoms with Crippen molar-refractivity contribution in [3.63, 3.8) is 0 Å². The third-order valence-electron chi connectivity index (χ3n) is 3.38. The van der Waals surface area contributed by atoms with Crippen LogP contribution in [-0.2, 0) is 0 Å². The summed E-state index contributed by atoms with van der Waals surface area (Å²) in [5.74, 6) is 0.898. The number of ether oxygens (including phenoxy) is 1. The molecule has 1 fully saturated rings. The molecule has 1 unspecified atom stereocenters. The van der Waals surface area contributed by atoms with Crippen LogP contribution in [-0.4, -0.2) is 43.7 Å². The van der Waals surface area contributed by atoms with Crippen LogP contribution in [0.2, 0.25) is 5.02 Å². The first kappa shape index (κ1) is 14.6. The van der Waals surface area contributed by atoms with E-state index in [4.69, 9.17) is 16.3 Å². The summed E-state index contributed by atoms with van der Waals surface area (Å²) in [5.41, 5.74) is 0. The van der Waals surface area contributed by atoms with Gasteiger partial charge in [0, 0.05) is 24.2 Å². The van der Waals surface area contributed by atoms with Crippen LogP contribution in [0, 0.1) is 0 Å². The summed E-state index contributed by atoms with van der Waals surface area (Å²) in [6, 6.07) is 8.15. The van der Waals surface area contributed by atoms with Crippen LogP contribution >= 0.6 is 11.6 Å². The molecule has 3 nitrogen and oxygen atoms in total. The van der Waals surface area contributed by atoms with Gasteiger partial charge in [-0.25, -0.2) is 0 Å². The molecule has 1 heterocycles. The Morgan fingerprint density at radius 1 is 1.37 bits per heavy atom. The maximum Gasteiger partial charge on any atom is 0.119 e. The van der Waals surface area contributed by atoms with Crippen molar-refractivity contribution in [1.82, 2.24) is 10.2 Å². The molecule has 0 bridgehead atoms. The van der Waals surface area contributed by atoms with E-state index in [1.807, 2.05) is 24.3 Å². The molecule has 19 heavy (non-hydrogen) atoms. The van der Waals surface area contributed by atoms with Gasteiger partial charge in [0.05, 0.1) is 6.61 Å². The lowest BCUT2D eigenvalue weighted by Crippen LogP contribution is -2.36. The van der Waals surface area contributed by atoms with Gasteiger partial charge < -0.3 is 15.0 Å². The van der Waals surface area contributed by atoms with Crippen molar-refractivity contribution in [2.24, 2.45) is 0 Å². The molecule has 0 spiro atoms. The van der Waals surface area contributed by atoms with E-state index in [-0.39, 0.29) is 0 Å². The molecular formula is C15H23ClN2O. The average Bonchev–Trinajstić information content (AvgIpc) is 2.61. The molecule has 2 rings (SSSR count). The topological polar surface area (TPSA) is 24.5 Å². The predicted molar refractivity (Wildman–Crippen MR) is 80.1 cm³/mol. The van der Waals surface area contributed by atoms with Crippen molar-refractivity contribution in [1.29, 1.82) is 0 Å². The highest BCUT2D eigenvalue weighted by molar-refractivity contribution is 6.30. The van der Waals surface area contributed by atoms with Crippen LogP contribution in [0.5, 0.6) is 5.75 Å². The number of nitrogens with one attached hydrogen (secondary N) is 1. The molecule has 1 saturated heterocycles. The Kier molecular flexibility index (Phi) is 5.95. The van der Waals surface area contributed by atoms with Crippen molar-refractivity contribution in [3.8, 4) is 5.75 Å². The molecule has 1 aliphatic heterocycles. The molecule has 1 aliphatic rings. The van der Waals surface area contributed by atoms with E-state index < -0.39 is 0 Å². The van der Waals surface area contributed by atoms with Gasteiger partial charge in [-0.3, -0.25) is 0 Å². The van der Waals surface area contributed by atoms with Gasteiger partial charge in [-0.05, 0) is 57.1 Å². The second kappa shape index (κ2) is 7.73. The highest BCUT2D eigenvalue weighted by atomic mass is 35.5. The number of hydrogen-bond donors (Lipinski definition) is 1. The maximum absolute atomic E-state index is 5.84. The quantitative estimate of drug-likeness (QED) is 0.841. The van der Waals surface area contributed by atoms with E-state index in [0.29, 0.717) is 6.04 Å². The van der Waals surface area contributed by atoms with Crippen LogP contribution in [0.3, 0.4) is 0 Å². The van der Waals surface area contributed by atoms with Gasteiger partial charge in [0.1, 0.15) is 5.75 Å². The second-order valence-electron chi connectivity index (χ2n) is 5.17. The number of hydrogen-bond acceptors (Lipinski definition) is 3. The molecule has 0 aliphatic carbocycles. The van der Waals surface area contributed by atoms with E-state index in [2.05, 4.69) is 17.1 Å². The van der Waals surface area contributed by atoms with E-state index in [1.165, 1.54) is 13.0 Å². The highest BCUT2D eigenvalue weighted by Gasteiger charge is 2.13. The predicted octanol–water partition coefficient (Wildman–Crippen LogP) is 2.79. The summed E-state index contributed by atoms with van der Waals surface area (Å²) >= 11 is 5.84. The fourth-order valence-electron chi connectivity index (χ4n) is 2.41. The molecule has 0 radical (unpaired) electrons. The minimum atomic E-state index is 0.597. The first-order chi connectivity index (χ1) is 9.24. The number of nitrogens with zero attached hydrogens (tertiary/aromatic N) is 1. The Bertz CT molecular complexity index is 369. The molecule has 1 aromatic carbocycles. The minimum absolute atomic E-state index is 0.597. The van der Waals surface area contributed by atoms with E-state index in [9.17, 15) is 0 Å². The lowest BCUT2D eigenvalue weighted by Gasteiger charge is -2.22. The van der Waals surface area contributed by atoms with Gasteiger partial charge in [0.2, 0.25) is 0 Å². The fourth-order valence-corrected chi connectivity index (χ4v) is 2.53. The molecule has 0 aromatic heterocycles. The lowest BCUT2D eigenvalue weighted by atomic mass is 10.3. The van der Waals surface area contributed by atoms with Gasteiger partial charge in [-0.1, -0.05) is 11.6 Å². The summed E-state index contributed by atoms with van der Waals surface area (Å²) < 4.78 is 5.71. The fraction of sp³-hybridized carbons (Fsp3) is 0.600. The molecule has 0 saturated carbocycles. The van der Waals surface area contributed by atoms with Gasteiger partial charge in [0.15, 0.2) is 0 Å². The van der Waals surface area contributed by atoms with Crippen molar-refractivity contribution >= 4 is 11.6 Å². The van der Waals surface area contributed by atoms with Crippen LogP contribution in [0.4, 0.5) is 0 Å². The van der Waals surface area contributed by atoms with Gasteiger partial charge in [-0.15, -0.1) is 0 Å². The number of benzene rings is 1. The zero-order valence-electron chi connectivity index (χ0n) is 11.6. The van der Waals surface area contributed by atoms with Gasteiger partial charge in [0.25, 0.3) is 0 Å². The SMILES string of the molecule is CC1CN(CCCOc2ccc(Cl)cc2)CCCN1. The van der Waals surface area contributed by atoms with Crippen LogP contribution in [0.1, 0.15) is 19.8 Å². The zero-order chi connectivity index (χ0) is 13.5. The first-order valence-corrected chi connectivity index (χ1v) is 7.46. The van der Waals surface area contributed by atoms with Gasteiger partial charge in [-0.2, -0.15) is 0 Å². The normalized spacial score (nSPS) is 21.1. The van der Waals surface area contributed by atoms with Crippen molar-refractivity contribution in [2.45, 2.75) is 25.8 Å². The monoisotopic (exact) mass is 282 g/mol. The van der Waals surface area contributed by atoms with E-state index in [0.717, 1.165) is 43.4 Å². The molecule has 1 aromatic rings. The molecule has 4 heteroatoms.